The van der Waals surface area contributed by atoms with Crippen molar-refractivity contribution < 1.29 is 19.8 Å². The van der Waals surface area contributed by atoms with Gasteiger partial charge in [0.2, 0.25) is 0 Å². The number of carbonyl (C=O) groups is 2. The molecule has 102 valence electrons. The summed E-state index contributed by atoms with van der Waals surface area (Å²) < 4.78 is 0. The maximum atomic E-state index is 11.4. The van der Waals surface area contributed by atoms with Gasteiger partial charge in [0.05, 0.1) is 6.10 Å². The Hall–Kier alpha value is -1.16. The van der Waals surface area contributed by atoms with Crippen LogP contribution in [0.25, 0.3) is 0 Å². The van der Waals surface area contributed by atoms with Crippen molar-refractivity contribution in [1.29, 1.82) is 0 Å². The van der Waals surface area contributed by atoms with Gasteiger partial charge < -0.3 is 10.2 Å². The minimum absolute atomic E-state index is 0.197. The number of hydrogen-bond donors (Lipinski definition) is 2. The molecule has 1 aliphatic rings. The van der Waals surface area contributed by atoms with Crippen molar-refractivity contribution in [2.24, 2.45) is 11.8 Å². The largest absolute Gasteiger partial charge is 0.481 e. The number of rotatable bonds is 7. The summed E-state index contributed by atoms with van der Waals surface area (Å²) in [7, 11) is 0. The topological polar surface area (TPSA) is 74.6 Å². The lowest BCUT2D eigenvalue weighted by molar-refractivity contribution is -0.145. The first-order valence-electron chi connectivity index (χ1n) is 6.68. The molecule has 1 aliphatic carbocycles. The van der Waals surface area contributed by atoms with E-state index in [4.69, 9.17) is 5.11 Å². The van der Waals surface area contributed by atoms with Crippen LogP contribution in [0, 0.1) is 11.8 Å². The fourth-order valence-corrected chi connectivity index (χ4v) is 2.37. The van der Waals surface area contributed by atoms with Gasteiger partial charge >= 0.3 is 5.97 Å². The lowest BCUT2D eigenvalue weighted by atomic mass is 9.94. The molecule has 1 unspecified atom stereocenters. The molecule has 0 aromatic carbocycles. The van der Waals surface area contributed by atoms with Gasteiger partial charge in [-0.25, -0.2) is 0 Å². The third kappa shape index (κ3) is 4.26. The van der Waals surface area contributed by atoms with Gasteiger partial charge in [-0.05, 0) is 18.8 Å². The summed E-state index contributed by atoms with van der Waals surface area (Å²) in [6.07, 6.45) is 7.60. The average molecular weight is 254 g/mol. The molecule has 0 radical (unpaired) electrons. The van der Waals surface area contributed by atoms with E-state index in [-0.39, 0.29) is 11.7 Å². The SMILES string of the molecule is CCCCCC(O)C=C[C@H]1CCC(=O)[C@@H]1C(=O)O. The molecule has 0 aromatic heterocycles. The van der Waals surface area contributed by atoms with Crippen LogP contribution >= 0.6 is 0 Å². The van der Waals surface area contributed by atoms with Crippen LogP contribution in [-0.2, 0) is 9.59 Å². The molecule has 4 heteroatoms. The molecule has 2 N–H and O–H groups in total. The normalized spacial score (nSPS) is 25.8. The zero-order valence-corrected chi connectivity index (χ0v) is 10.8. The molecule has 0 saturated heterocycles. The maximum Gasteiger partial charge on any atom is 0.314 e. The highest BCUT2D eigenvalue weighted by atomic mass is 16.4. The number of allylic oxidation sites excluding steroid dienone is 1. The molecule has 1 rings (SSSR count). The number of aliphatic hydroxyl groups excluding tert-OH is 1. The van der Waals surface area contributed by atoms with Crippen LogP contribution in [0.5, 0.6) is 0 Å². The summed E-state index contributed by atoms with van der Waals surface area (Å²) in [5.41, 5.74) is 0. The fourth-order valence-electron chi connectivity index (χ4n) is 2.37. The lowest BCUT2D eigenvalue weighted by Gasteiger charge is -2.11. The first kappa shape index (κ1) is 14.9. The highest BCUT2D eigenvalue weighted by molar-refractivity contribution is 6.00. The standard InChI is InChI=1S/C14H22O4/c1-2-3-4-5-11(15)8-6-10-7-9-12(16)13(10)14(17)18/h6,8,10-11,13,15H,2-5,7,9H2,1H3,(H,17,18)/t10-,11?,13+/m0/s1. The molecule has 18 heavy (non-hydrogen) atoms. The van der Waals surface area contributed by atoms with Gasteiger partial charge in [-0.2, -0.15) is 0 Å². The van der Waals surface area contributed by atoms with Gasteiger partial charge in [0.25, 0.3) is 0 Å². The third-order valence-electron chi connectivity index (χ3n) is 3.45. The Labute approximate surface area is 108 Å². The van der Waals surface area contributed by atoms with Crippen LogP contribution in [0.15, 0.2) is 12.2 Å². The molecule has 1 saturated carbocycles. The van der Waals surface area contributed by atoms with Crippen LogP contribution < -0.4 is 0 Å². The summed E-state index contributed by atoms with van der Waals surface area (Å²) >= 11 is 0. The van der Waals surface area contributed by atoms with E-state index in [1.807, 2.05) is 0 Å². The molecule has 0 bridgehead atoms. The second kappa shape index (κ2) is 7.31. The second-order valence-corrected chi connectivity index (χ2v) is 4.93. The highest BCUT2D eigenvalue weighted by Gasteiger charge is 2.38. The minimum atomic E-state index is -1.05. The van der Waals surface area contributed by atoms with Crippen molar-refractivity contribution >= 4 is 11.8 Å². The third-order valence-corrected chi connectivity index (χ3v) is 3.45. The number of aliphatic hydroxyl groups is 1. The molecule has 4 nitrogen and oxygen atoms in total. The van der Waals surface area contributed by atoms with Crippen molar-refractivity contribution in [3.05, 3.63) is 12.2 Å². The van der Waals surface area contributed by atoms with Crippen molar-refractivity contribution in [2.45, 2.75) is 51.6 Å². The molecule has 0 aromatic rings. The monoisotopic (exact) mass is 254 g/mol. The van der Waals surface area contributed by atoms with Gasteiger partial charge in [-0.15, -0.1) is 0 Å². The van der Waals surface area contributed by atoms with E-state index in [2.05, 4.69) is 6.92 Å². The van der Waals surface area contributed by atoms with Gasteiger partial charge in [0.1, 0.15) is 11.7 Å². The molecular weight excluding hydrogens is 232 g/mol. The van der Waals surface area contributed by atoms with Crippen molar-refractivity contribution in [3.8, 4) is 0 Å². The van der Waals surface area contributed by atoms with Crippen LogP contribution in [-0.4, -0.2) is 28.1 Å². The van der Waals surface area contributed by atoms with Crippen molar-refractivity contribution in [3.63, 3.8) is 0 Å². The highest BCUT2D eigenvalue weighted by Crippen LogP contribution is 2.30. The Morgan fingerprint density at radius 2 is 2.22 bits per heavy atom. The minimum Gasteiger partial charge on any atom is -0.481 e. The summed E-state index contributed by atoms with van der Waals surface area (Å²) in [5.74, 6) is -2.41. The maximum absolute atomic E-state index is 11.4. The Balaban J connectivity index is 2.45. The zero-order chi connectivity index (χ0) is 13.5. The zero-order valence-electron chi connectivity index (χ0n) is 10.8. The average Bonchev–Trinajstić information content (AvgIpc) is 2.68. The van der Waals surface area contributed by atoms with Crippen molar-refractivity contribution in [1.82, 2.24) is 0 Å². The number of carbonyl (C=O) groups excluding carboxylic acids is 1. The predicted molar refractivity (Wildman–Crippen MR) is 68.1 cm³/mol. The number of Topliss-reactive ketones (excluding diaryl/α,β-unsaturated/α-hetero) is 1. The van der Waals surface area contributed by atoms with Crippen molar-refractivity contribution in [2.75, 3.05) is 0 Å². The first-order valence-corrected chi connectivity index (χ1v) is 6.68. The smallest absolute Gasteiger partial charge is 0.314 e. The molecule has 0 amide bonds. The summed E-state index contributed by atoms with van der Waals surface area (Å²) in [6, 6.07) is 0. The Morgan fingerprint density at radius 3 is 2.83 bits per heavy atom. The van der Waals surface area contributed by atoms with E-state index in [0.717, 1.165) is 19.3 Å². The molecule has 1 fully saturated rings. The van der Waals surface area contributed by atoms with Gasteiger partial charge in [0.15, 0.2) is 0 Å². The van der Waals surface area contributed by atoms with E-state index >= 15 is 0 Å². The number of aliphatic carboxylic acids is 1. The first-order chi connectivity index (χ1) is 8.56. The number of unbranched alkanes of at least 4 members (excludes halogenated alkanes) is 2. The molecule has 3 atom stereocenters. The number of carboxylic acid groups (broad SMARTS) is 1. The van der Waals surface area contributed by atoms with Gasteiger partial charge in [-0.1, -0.05) is 38.3 Å². The van der Waals surface area contributed by atoms with E-state index in [1.165, 1.54) is 0 Å². The quantitative estimate of drug-likeness (QED) is 0.415. The lowest BCUT2D eigenvalue weighted by Crippen LogP contribution is -2.23. The van der Waals surface area contributed by atoms with Crippen LogP contribution in [0.2, 0.25) is 0 Å². The van der Waals surface area contributed by atoms with E-state index in [0.29, 0.717) is 19.3 Å². The Kier molecular flexibility index (Phi) is 6.05. The second-order valence-electron chi connectivity index (χ2n) is 4.93. The summed E-state index contributed by atoms with van der Waals surface area (Å²) in [6.45, 7) is 2.10. The number of carboxylic acids is 1. The molecule has 0 heterocycles. The van der Waals surface area contributed by atoms with Gasteiger partial charge in [0, 0.05) is 6.42 Å². The number of hydrogen-bond acceptors (Lipinski definition) is 3. The van der Waals surface area contributed by atoms with E-state index in [9.17, 15) is 14.7 Å². The Bertz CT molecular complexity index is 322. The fraction of sp³-hybridized carbons (Fsp3) is 0.714. The van der Waals surface area contributed by atoms with E-state index in [1.54, 1.807) is 12.2 Å². The molecule has 0 aliphatic heterocycles. The summed E-state index contributed by atoms with van der Waals surface area (Å²) in [5, 5.41) is 18.7. The molecule has 0 spiro atoms. The number of ketones is 1. The predicted octanol–water partition coefficient (Wildman–Crippen LogP) is 2.16. The van der Waals surface area contributed by atoms with E-state index < -0.39 is 18.0 Å². The van der Waals surface area contributed by atoms with Gasteiger partial charge in [-0.3, -0.25) is 9.59 Å². The molecular formula is C14H22O4. The van der Waals surface area contributed by atoms with Crippen LogP contribution in [0.1, 0.15) is 45.4 Å². The van der Waals surface area contributed by atoms with Crippen LogP contribution in [0.4, 0.5) is 0 Å². The summed E-state index contributed by atoms with van der Waals surface area (Å²) in [4.78, 5) is 22.4. The Morgan fingerprint density at radius 1 is 1.50 bits per heavy atom. The van der Waals surface area contributed by atoms with Crippen LogP contribution in [0.3, 0.4) is 0 Å².